The molecule has 3 aromatic rings. The minimum Gasteiger partial charge on any atom is -0.349 e. The fourth-order valence-corrected chi connectivity index (χ4v) is 4.32. The van der Waals surface area contributed by atoms with Gasteiger partial charge in [0.2, 0.25) is 5.91 Å². The molecule has 1 aromatic heterocycles. The van der Waals surface area contributed by atoms with Gasteiger partial charge < -0.3 is 5.32 Å². The first kappa shape index (κ1) is 17.8. The number of hydrogen-bond acceptors (Lipinski definition) is 4. The third-order valence-corrected chi connectivity index (χ3v) is 5.87. The maximum Gasteiger partial charge on any atom is 0.230 e. The van der Waals surface area contributed by atoms with Gasteiger partial charge >= 0.3 is 0 Å². The second-order valence-corrected chi connectivity index (χ2v) is 7.71. The minimum absolute atomic E-state index is 0.0287. The molecule has 0 fully saturated rings. The normalized spacial score (nSPS) is 16.0. The molecule has 1 aliphatic carbocycles. The van der Waals surface area contributed by atoms with Crippen molar-refractivity contribution in [1.29, 1.82) is 0 Å². The number of amides is 1. The van der Waals surface area contributed by atoms with Crippen LogP contribution in [0.25, 0.3) is 5.69 Å². The SMILES string of the molecule is Cc1ccccc1-n1cnnc1SCC(=O)N[C@H]1CCCc2ccccc21. The van der Waals surface area contributed by atoms with Crippen molar-refractivity contribution in [2.75, 3.05) is 5.75 Å². The number of aryl methyl sites for hydroxylation is 2. The molecule has 5 nitrogen and oxygen atoms in total. The Morgan fingerprint density at radius 1 is 1.22 bits per heavy atom. The smallest absolute Gasteiger partial charge is 0.230 e. The maximum atomic E-state index is 12.5. The summed E-state index contributed by atoms with van der Waals surface area (Å²) in [6, 6.07) is 16.6. The highest BCUT2D eigenvalue weighted by molar-refractivity contribution is 7.99. The van der Waals surface area contributed by atoms with Crippen molar-refractivity contribution >= 4 is 17.7 Å². The van der Waals surface area contributed by atoms with Crippen molar-refractivity contribution in [2.45, 2.75) is 37.4 Å². The predicted octanol–water partition coefficient (Wildman–Crippen LogP) is 3.86. The zero-order valence-electron chi connectivity index (χ0n) is 15.3. The average Bonchev–Trinajstić information content (AvgIpc) is 3.15. The van der Waals surface area contributed by atoms with E-state index in [4.69, 9.17) is 0 Å². The Labute approximate surface area is 163 Å². The van der Waals surface area contributed by atoms with E-state index in [-0.39, 0.29) is 11.9 Å². The Balaban J connectivity index is 1.42. The molecular weight excluding hydrogens is 356 g/mol. The molecule has 0 saturated heterocycles. The first-order chi connectivity index (χ1) is 13.2. The zero-order chi connectivity index (χ0) is 18.6. The number of aromatic nitrogens is 3. The van der Waals surface area contributed by atoms with E-state index in [1.165, 1.54) is 22.9 Å². The molecule has 2 aromatic carbocycles. The molecule has 0 spiro atoms. The topological polar surface area (TPSA) is 59.8 Å². The van der Waals surface area contributed by atoms with Gasteiger partial charge in [-0.3, -0.25) is 9.36 Å². The third-order valence-electron chi connectivity index (χ3n) is 4.93. The van der Waals surface area contributed by atoms with E-state index in [1.807, 2.05) is 28.8 Å². The van der Waals surface area contributed by atoms with E-state index in [1.54, 1.807) is 6.33 Å². The number of nitrogens with one attached hydrogen (secondary N) is 1. The summed E-state index contributed by atoms with van der Waals surface area (Å²) in [4.78, 5) is 12.5. The molecule has 1 amide bonds. The summed E-state index contributed by atoms with van der Waals surface area (Å²) in [5.74, 6) is 0.351. The van der Waals surface area contributed by atoms with Crippen molar-refractivity contribution in [3.8, 4) is 5.69 Å². The van der Waals surface area contributed by atoms with Crippen molar-refractivity contribution in [2.24, 2.45) is 0 Å². The van der Waals surface area contributed by atoms with Crippen LogP contribution in [0.15, 0.2) is 60.0 Å². The van der Waals surface area contributed by atoms with E-state index in [0.717, 1.165) is 35.7 Å². The molecule has 0 radical (unpaired) electrons. The second-order valence-electron chi connectivity index (χ2n) is 6.77. The van der Waals surface area contributed by atoms with Gasteiger partial charge in [-0.2, -0.15) is 0 Å². The van der Waals surface area contributed by atoms with Gasteiger partial charge in [-0.05, 0) is 48.9 Å². The number of para-hydroxylation sites is 1. The molecule has 0 aliphatic heterocycles. The van der Waals surface area contributed by atoms with E-state index in [9.17, 15) is 4.79 Å². The zero-order valence-corrected chi connectivity index (χ0v) is 16.1. The van der Waals surface area contributed by atoms with Crippen molar-refractivity contribution in [1.82, 2.24) is 20.1 Å². The lowest BCUT2D eigenvalue weighted by atomic mass is 9.88. The fourth-order valence-electron chi connectivity index (χ4n) is 3.59. The minimum atomic E-state index is 0.0287. The molecule has 1 aliphatic rings. The van der Waals surface area contributed by atoms with Crippen LogP contribution in [0.1, 0.15) is 35.6 Å². The number of nitrogens with zero attached hydrogens (tertiary/aromatic N) is 3. The van der Waals surface area contributed by atoms with Crippen LogP contribution in [-0.2, 0) is 11.2 Å². The summed E-state index contributed by atoms with van der Waals surface area (Å²) in [7, 11) is 0. The van der Waals surface area contributed by atoms with Crippen LogP contribution in [-0.4, -0.2) is 26.4 Å². The molecule has 0 saturated carbocycles. The molecule has 6 heteroatoms. The molecule has 1 atom stereocenters. The molecule has 0 unspecified atom stereocenters. The van der Waals surface area contributed by atoms with Crippen LogP contribution in [0.4, 0.5) is 0 Å². The van der Waals surface area contributed by atoms with Crippen LogP contribution >= 0.6 is 11.8 Å². The van der Waals surface area contributed by atoms with Gasteiger partial charge in [-0.1, -0.05) is 54.2 Å². The van der Waals surface area contributed by atoms with Crippen molar-refractivity contribution in [3.63, 3.8) is 0 Å². The lowest BCUT2D eigenvalue weighted by Gasteiger charge is -2.26. The summed E-state index contributed by atoms with van der Waals surface area (Å²) in [5, 5.41) is 12.1. The van der Waals surface area contributed by atoms with Gasteiger partial charge in [-0.15, -0.1) is 10.2 Å². The lowest BCUT2D eigenvalue weighted by molar-refractivity contribution is -0.119. The van der Waals surface area contributed by atoms with Crippen LogP contribution in [0.3, 0.4) is 0 Å². The highest BCUT2D eigenvalue weighted by atomic mass is 32.2. The van der Waals surface area contributed by atoms with Crippen LogP contribution < -0.4 is 5.32 Å². The number of fused-ring (bicyclic) bond motifs is 1. The van der Waals surface area contributed by atoms with Gasteiger partial charge in [-0.25, -0.2) is 0 Å². The highest BCUT2D eigenvalue weighted by Gasteiger charge is 2.21. The number of hydrogen-bond donors (Lipinski definition) is 1. The third kappa shape index (κ3) is 3.90. The van der Waals surface area contributed by atoms with E-state index in [2.05, 4.69) is 46.7 Å². The van der Waals surface area contributed by atoms with Gasteiger partial charge in [0.05, 0.1) is 17.5 Å². The highest BCUT2D eigenvalue weighted by Crippen LogP contribution is 2.29. The first-order valence-electron chi connectivity index (χ1n) is 9.18. The molecule has 138 valence electrons. The van der Waals surface area contributed by atoms with E-state index in [0.29, 0.717) is 5.75 Å². The Bertz CT molecular complexity index is 953. The van der Waals surface area contributed by atoms with Gasteiger partial charge in [0, 0.05) is 0 Å². The van der Waals surface area contributed by atoms with Crippen molar-refractivity contribution < 1.29 is 4.79 Å². The Morgan fingerprint density at radius 2 is 2.04 bits per heavy atom. The van der Waals surface area contributed by atoms with E-state index >= 15 is 0 Å². The second kappa shape index (κ2) is 7.96. The summed E-state index contributed by atoms with van der Waals surface area (Å²) in [5.41, 5.74) is 4.78. The van der Waals surface area contributed by atoms with Gasteiger partial charge in [0.25, 0.3) is 0 Å². The van der Waals surface area contributed by atoms with Crippen LogP contribution in [0.5, 0.6) is 0 Å². The summed E-state index contributed by atoms with van der Waals surface area (Å²) in [6.45, 7) is 2.05. The van der Waals surface area contributed by atoms with Gasteiger partial charge in [0.15, 0.2) is 5.16 Å². The molecule has 0 bridgehead atoms. The van der Waals surface area contributed by atoms with Crippen LogP contribution in [0, 0.1) is 6.92 Å². The number of carbonyl (C=O) groups is 1. The molecule has 27 heavy (non-hydrogen) atoms. The summed E-state index contributed by atoms with van der Waals surface area (Å²) < 4.78 is 1.93. The number of rotatable bonds is 5. The Kier molecular flexibility index (Phi) is 5.25. The number of thioether (sulfide) groups is 1. The van der Waals surface area contributed by atoms with Crippen molar-refractivity contribution in [3.05, 3.63) is 71.5 Å². The number of carbonyl (C=O) groups excluding carboxylic acids is 1. The molecular formula is C21H22N4OS. The van der Waals surface area contributed by atoms with Gasteiger partial charge in [0.1, 0.15) is 6.33 Å². The monoisotopic (exact) mass is 378 g/mol. The largest absolute Gasteiger partial charge is 0.349 e. The first-order valence-corrected chi connectivity index (χ1v) is 10.2. The van der Waals surface area contributed by atoms with Crippen LogP contribution in [0.2, 0.25) is 0 Å². The summed E-state index contributed by atoms with van der Waals surface area (Å²) >= 11 is 1.41. The molecule has 4 rings (SSSR count). The Morgan fingerprint density at radius 3 is 2.93 bits per heavy atom. The Hall–Kier alpha value is -2.60. The fraction of sp³-hybridized carbons (Fsp3) is 0.286. The number of benzene rings is 2. The lowest BCUT2D eigenvalue weighted by Crippen LogP contribution is -2.32. The molecule has 1 N–H and O–H groups in total. The van der Waals surface area contributed by atoms with E-state index < -0.39 is 0 Å². The summed E-state index contributed by atoms with van der Waals surface area (Å²) in [6.07, 6.45) is 4.89. The average molecular weight is 379 g/mol. The molecule has 1 heterocycles. The maximum absolute atomic E-state index is 12.5. The quantitative estimate of drug-likeness (QED) is 0.685. The predicted molar refractivity (Wildman–Crippen MR) is 107 cm³/mol. The standard InChI is InChI=1S/C21H22N4OS/c1-15-7-2-5-12-19(15)25-14-22-24-21(25)27-13-20(26)23-18-11-6-9-16-8-3-4-10-17(16)18/h2-5,7-8,10,12,14,18H,6,9,11,13H2,1H3,(H,23,26)/t18-/m0/s1.